The molecule has 1 aromatic rings. The van der Waals surface area contributed by atoms with E-state index in [1.54, 1.807) is 26.8 Å². The minimum absolute atomic E-state index is 0.000339. The molecule has 0 saturated heterocycles. The van der Waals surface area contributed by atoms with E-state index in [4.69, 9.17) is 9.84 Å². The Bertz CT molecular complexity index is 444. The fourth-order valence-electron chi connectivity index (χ4n) is 1.23. The predicted molar refractivity (Wildman–Crippen MR) is 67.9 cm³/mol. The van der Waals surface area contributed by atoms with Gasteiger partial charge in [0.2, 0.25) is 11.8 Å². The van der Waals surface area contributed by atoms with Gasteiger partial charge in [-0.05, 0) is 34.6 Å². The van der Waals surface area contributed by atoms with Gasteiger partial charge in [-0.1, -0.05) is 0 Å². The molecule has 1 aromatic heterocycles. The second kappa shape index (κ2) is 5.20. The molecule has 0 spiro atoms. The molecule has 1 heterocycles. The molecule has 0 bridgehead atoms. The van der Waals surface area contributed by atoms with Gasteiger partial charge < -0.3 is 15.2 Å². The van der Waals surface area contributed by atoms with Crippen molar-refractivity contribution in [3.8, 4) is 5.88 Å². The van der Waals surface area contributed by atoms with Crippen molar-refractivity contribution in [2.75, 3.05) is 5.32 Å². The molecule has 0 aromatic carbocycles. The number of carboxylic acid groups (broad SMARTS) is 1. The van der Waals surface area contributed by atoms with Crippen LogP contribution in [-0.4, -0.2) is 32.7 Å². The molecule has 0 aliphatic heterocycles. The van der Waals surface area contributed by atoms with Crippen molar-refractivity contribution in [3.05, 3.63) is 11.8 Å². The average molecular weight is 253 g/mol. The summed E-state index contributed by atoms with van der Waals surface area (Å²) in [4.78, 5) is 19.3. The van der Waals surface area contributed by atoms with Crippen molar-refractivity contribution >= 4 is 11.9 Å². The van der Waals surface area contributed by atoms with Crippen LogP contribution in [0.2, 0.25) is 0 Å². The molecule has 6 nitrogen and oxygen atoms in total. The maximum atomic E-state index is 11.0. The number of nitrogens with one attached hydrogen (secondary N) is 1. The first-order chi connectivity index (χ1) is 8.20. The van der Waals surface area contributed by atoms with Crippen molar-refractivity contribution in [2.45, 2.75) is 46.3 Å². The maximum absolute atomic E-state index is 11.0. The highest BCUT2D eigenvalue weighted by Crippen LogP contribution is 2.17. The summed E-state index contributed by atoms with van der Waals surface area (Å²) in [5, 5.41) is 11.8. The van der Waals surface area contributed by atoms with Crippen LogP contribution in [0.4, 0.5) is 5.95 Å². The van der Waals surface area contributed by atoms with Gasteiger partial charge in [-0.25, -0.2) is 9.78 Å². The molecule has 0 aliphatic carbocycles. The van der Waals surface area contributed by atoms with Crippen molar-refractivity contribution < 1.29 is 14.6 Å². The highest BCUT2D eigenvalue weighted by Gasteiger charge is 2.28. The SMILES string of the molecule is Cc1cc(OC(C)C)nc(NC(C)(C)C(=O)O)n1. The molecule has 0 fully saturated rings. The van der Waals surface area contributed by atoms with E-state index in [2.05, 4.69) is 15.3 Å². The molecule has 6 heteroatoms. The highest BCUT2D eigenvalue weighted by atomic mass is 16.5. The summed E-state index contributed by atoms with van der Waals surface area (Å²) in [6.45, 7) is 8.68. The van der Waals surface area contributed by atoms with E-state index in [0.29, 0.717) is 11.6 Å². The quantitative estimate of drug-likeness (QED) is 0.833. The Hall–Kier alpha value is -1.85. The van der Waals surface area contributed by atoms with Crippen LogP contribution in [-0.2, 0) is 4.79 Å². The van der Waals surface area contributed by atoms with E-state index in [1.165, 1.54) is 0 Å². The summed E-state index contributed by atoms with van der Waals surface area (Å²) in [6, 6.07) is 1.71. The molecule has 100 valence electrons. The topological polar surface area (TPSA) is 84.3 Å². The van der Waals surface area contributed by atoms with E-state index in [0.717, 1.165) is 0 Å². The standard InChI is InChI=1S/C12H19N3O3/c1-7(2)18-9-6-8(3)13-11(14-9)15-12(4,5)10(16)17/h6-7H,1-5H3,(H,16,17)(H,13,14,15). The molecule has 2 N–H and O–H groups in total. The Morgan fingerprint density at radius 3 is 2.56 bits per heavy atom. The Labute approximate surface area is 106 Å². The lowest BCUT2D eigenvalue weighted by atomic mass is 10.1. The lowest BCUT2D eigenvalue weighted by Gasteiger charge is -2.21. The summed E-state index contributed by atoms with van der Waals surface area (Å²) in [5.74, 6) is -0.293. The van der Waals surface area contributed by atoms with E-state index in [9.17, 15) is 4.79 Å². The van der Waals surface area contributed by atoms with Crippen molar-refractivity contribution in [1.82, 2.24) is 9.97 Å². The van der Waals surface area contributed by atoms with E-state index in [-0.39, 0.29) is 12.1 Å². The van der Waals surface area contributed by atoms with Crippen LogP contribution >= 0.6 is 0 Å². The number of aliphatic carboxylic acids is 1. The maximum Gasteiger partial charge on any atom is 0.328 e. The largest absolute Gasteiger partial charge is 0.480 e. The summed E-state index contributed by atoms with van der Waals surface area (Å²) in [6.07, 6.45) is -0.000339. The van der Waals surface area contributed by atoms with Gasteiger partial charge in [0.05, 0.1) is 6.10 Å². The Morgan fingerprint density at radius 1 is 1.44 bits per heavy atom. The second-order valence-corrected chi connectivity index (χ2v) is 4.89. The number of nitrogens with zero attached hydrogens (tertiary/aromatic N) is 2. The Balaban J connectivity index is 2.96. The van der Waals surface area contributed by atoms with Gasteiger partial charge in [-0.3, -0.25) is 0 Å². The first kappa shape index (κ1) is 14.2. The summed E-state index contributed by atoms with van der Waals surface area (Å²) in [7, 11) is 0. The van der Waals surface area contributed by atoms with Crippen LogP contribution in [0.25, 0.3) is 0 Å². The average Bonchev–Trinajstić information content (AvgIpc) is 2.13. The van der Waals surface area contributed by atoms with Crippen LogP contribution in [0.3, 0.4) is 0 Å². The molecule has 0 saturated carbocycles. The molecule has 0 amide bonds. The fraction of sp³-hybridized carbons (Fsp3) is 0.583. The number of carbonyl (C=O) groups is 1. The van der Waals surface area contributed by atoms with E-state index < -0.39 is 11.5 Å². The number of hydrogen-bond acceptors (Lipinski definition) is 5. The van der Waals surface area contributed by atoms with Gasteiger partial charge >= 0.3 is 5.97 Å². The number of aromatic nitrogens is 2. The first-order valence-corrected chi connectivity index (χ1v) is 5.74. The van der Waals surface area contributed by atoms with Crippen LogP contribution in [0.5, 0.6) is 5.88 Å². The minimum Gasteiger partial charge on any atom is -0.480 e. The van der Waals surface area contributed by atoms with Crippen LogP contribution in [0, 0.1) is 6.92 Å². The highest BCUT2D eigenvalue weighted by molar-refractivity contribution is 5.80. The van der Waals surface area contributed by atoms with E-state index in [1.807, 2.05) is 13.8 Å². The fourth-order valence-corrected chi connectivity index (χ4v) is 1.23. The third-order valence-electron chi connectivity index (χ3n) is 2.15. The van der Waals surface area contributed by atoms with Gasteiger partial charge in [-0.15, -0.1) is 0 Å². The predicted octanol–water partition coefficient (Wildman–Crippen LogP) is 1.85. The van der Waals surface area contributed by atoms with Crippen molar-refractivity contribution in [3.63, 3.8) is 0 Å². The van der Waals surface area contributed by atoms with Crippen LogP contribution in [0.1, 0.15) is 33.4 Å². The normalized spacial score (nSPS) is 11.4. The minimum atomic E-state index is -1.14. The second-order valence-electron chi connectivity index (χ2n) is 4.89. The molecule has 0 aliphatic rings. The first-order valence-electron chi connectivity index (χ1n) is 5.74. The molecule has 0 unspecified atom stereocenters. The lowest BCUT2D eigenvalue weighted by molar-refractivity contribution is -0.141. The number of carboxylic acids is 1. The van der Waals surface area contributed by atoms with Gasteiger partial charge in [-0.2, -0.15) is 4.98 Å². The molecule has 0 atom stereocenters. The molecule has 18 heavy (non-hydrogen) atoms. The lowest BCUT2D eigenvalue weighted by Crippen LogP contribution is -2.40. The van der Waals surface area contributed by atoms with Crippen molar-refractivity contribution in [2.24, 2.45) is 0 Å². The number of aryl methyl sites for hydroxylation is 1. The third-order valence-corrected chi connectivity index (χ3v) is 2.15. The summed E-state index contributed by atoms with van der Waals surface area (Å²) >= 11 is 0. The van der Waals surface area contributed by atoms with E-state index >= 15 is 0 Å². The number of anilines is 1. The number of ether oxygens (including phenoxy) is 1. The molecule has 0 radical (unpaired) electrons. The Morgan fingerprint density at radius 2 is 2.06 bits per heavy atom. The van der Waals surface area contributed by atoms with Crippen LogP contribution in [0.15, 0.2) is 6.07 Å². The van der Waals surface area contributed by atoms with Gasteiger partial charge in [0.1, 0.15) is 5.54 Å². The van der Waals surface area contributed by atoms with Gasteiger partial charge in [0.25, 0.3) is 0 Å². The number of hydrogen-bond donors (Lipinski definition) is 2. The summed E-state index contributed by atoms with van der Waals surface area (Å²) in [5.41, 5.74) is -0.424. The zero-order valence-electron chi connectivity index (χ0n) is 11.3. The molecular weight excluding hydrogens is 234 g/mol. The third kappa shape index (κ3) is 3.87. The Kier molecular flexibility index (Phi) is 4.11. The zero-order valence-corrected chi connectivity index (χ0v) is 11.3. The molecular formula is C12H19N3O3. The van der Waals surface area contributed by atoms with Crippen LogP contribution < -0.4 is 10.1 Å². The van der Waals surface area contributed by atoms with Gasteiger partial charge in [0, 0.05) is 11.8 Å². The monoisotopic (exact) mass is 253 g/mol. The zero-order chi connectivity index (χ0) is 13.9. The summed E-state index contributed by atoms with van der Waals surface area (Å²) < 4.78 is 5.47. The van der Waals surface area contributed by atoms with Crippen molar-refractivity contribution in [1.29, 1.82) is 0 Å². The smallest absolute Gasteiger partial charge is 0.328 e. The van der Waals surface area contributed by atoms with Gasteiger partial charge in [0.15, 0.2) is 0 Å². The number of rotatable bonds is 5. The molecule has 1 rings (SSSR count).